The number of benzene rings is 2. The van der Waals surface area contributed by atoms with E-state index < -0.39 is 0 Å². The lowest BCUT2D eigenvalue weighted by Crippen LogP contribution is -2.36. The molecule has 5 heteroatoms. The number of carbonyl (C=O) groups excluding carboxylic acids is 1. The molecule has 2 aromatic carbocycles. The van der Waals surface area contributed by atoms with Gasteiger partial charge in [-0.1, -0.05) is 36.4 Å². The summed E-state index contributed by atoms with van der Waals surface area (Å²) < 4.78 is 11.0. The summed E-state index contributed by atoms with van der Waals surface area (Å²) in [5.41, 5.74) is 2.95. The van der Waals surface area contributed by atoms with Crippen molar-refractivity contribution in [2.45, 2.75) is 20.0 Å². The van der Waals surface area contributed by atoms with Gasteiger partial charge in [0.25, 0.3) is 5.91 Å². The highest BCUT2D eigenvalue weighted by Crippen LogP contribution is 2.18. The molecule has 0 atom stereocenters. The lowest BCUT2D eigenvalue weighted by Gasteiger charge is -2.27. The molecule has 5 nitrogen and oxygen atoms in total. The number of morpholine rings is 1. The zero-order chi connectivity index (χ0) is 18.2. The minimum atomic E-state index is -0.116. The van der Waals surface area contributed by atoms with Gasteiger partial charge in [-0.3, -0.25) is 9.69 Å². The smallest absolute Gasteiger partial charge is 0.255 e. The summed E-state index contributed by atoms with van der Waals surface area (Å²) in [6.07, 6.45) is 0. The first kappa shape index (κ1) is 18.4. The lowest BCUT2D eigenvalue weighted by molar-refractivity contribution is 0.0340. The number of hydrogen-bond acceptors (Lipinski definition) is 4. The van der Waals surface area contributed by atoms with Gasteiger partial charge in [0.1, 0.15) is 5.75 Å². The molecule has 0 bridgehead atoms. The molecule has 0 radical (unpaired) electrons. The summed E-state index contributed by atoms with van der Waals surface area (Å²) in [6, 6.07) is 15.6. The van der Waals surface area contributed by atoms with Gasteiger partial charge in [-0.25, -0.2) is 0 Å². The Bertz CT molecular complexity index is 727. The van der Waals surface area contributed by atoms with Crippen molar-refractivity contribution in [3.63, 3.8) is 0 Å². The molecular formula is C21H26N2O3. The first-order chi connectivity index (χ1) is 12.8. The molecular weight excluding hydrogens is 328 g/mol. The minimum Gasteiger partial charge on any atom is -0.493 e. The molecule has 26 heavy (non-hydrogen) atoms. The standard InChI is InChI=1S/C21H26N2O3/c1-2-26-20-10-6-5-9-19(20)21(24)22-15-17-7-3-4-8-18(17)16-23-11-13-25-14-12-23/h3-10H,2,11-16H2,1H3,(H,22,24). The van der Waals surface area contributed by atoms with Crippen molar-refractivity contribution in [3.05, 3.63) is 65.2 Å². The van der Waals surface area contributed by atoms with Crippen molar-refractivity contribution in [1.82, 2.24) is 10.2 Å². The van der Waals surface area contributed by atoms with Crippen LogP contribution < -0.4 is 10.1 Å². The average Bonchev–Trinajstić information content (AvgIpc) is 2.68. The first-order valence-corrected chi connectivity index (χ1v) is 9.15. The van der Waals surface area contributed by atoms with Crippen LogP contribution in [0.15, 0.2) is 48.5 Å². The molecule has 1 aliphatic heterocycles. The Morgan fingerprint density at radius 2 is 1.77 bits per heavy atom. The number of para-hydroxylation sites is 1. The maximum atomic E-state index is 12.6. The van der Waals surface area contributed by atoms with Crippen LogP contribution in [-0.4, -0.2) is 43.7 Å². The van der Waals surface area contributed by atoms with Crippen molar-refractivity contribution in [2.24, 2.45) is 0 Å². The Labute approximate surface area is 154 Å². The molecule has 3 rings (SSSR count). The van der Waals surface area contributed by atoms with Crippen molar-refractivity contribution in [3.8, 4) is 5.75 Å². The number of rotatable bonds is 7. The van der Waals surface area contributed by atoms with Crippen molar-refractivity contribution in [2.75, 3.05) is 32.9 Å². The largest absolute Gasteiger partial charge is 0.493 e. The Morgan fingerprint density at radius 1 is 1.08 bits per heavy atom. The fourth-order valence-corrected chi connectivity index (χ4v) is 3.09. The molecule has 1 heterocycles. The fraction of sp³-hybridized carbons (Fsp3) is 0.381. The van der Waals surface area contributed by atoms with Gasteiger partial charge >= 0.3 is 0 Å². The van der Waals surface area contributed by atoms with E-state index in [9.17, 15) is 4.79 Å². The van der Waals surface area contributed by atoms with E-state index in [2.05, 4.69) is 22.3 Å². The maximum absolute atomic E-state index is 12.6. The fourth-order valence-electron chi connectivity index (χ4n) is 3.09. The van der Waals surface area contributed by atoms with Gasteiger partial charge in [0, 0.05) is 26.2 Å². The van der Waals surface area contributed by atoms with Gasteiger partial charge < -0.3 is 14.8 Å². The van der Waals surface area contributed by atoms with Gasteiger partial charge in [-0.15, -0.1) is 0 Å². The lowest BCUT2D eigenvalue weighted by atomic mass is 10.1. The van der Waals surface area contributed by atoms with Crippen molar-refractivity contribution >= 4 is 5.91 Å². The van der Waals surface area contributed by atoms with Crippen LogP contribution in [0, 0.1) is 0 Å². The van der Waals surface area contributed by atoms with E-state index in [4.69, 9.17) is 9.47 Å². The molecule has 138 valence electrons. The number of nitrogens with one attached hydrogen (secondary N) is 1. The third-order valence-electron chi connectivity index (χ3n) is 4.49. The van der Waals surface area contributed by atoms with E-state index in [1.807, 2.05) is 37.3 Å². The zero-order valence-electron chi connectivity index (χ0n) is 15.2. The second-order valence-electron chi connectivity index (χ2n) is 6.27. The van der Waals surface area contributed by atoms with Crippen LogP contribution in [0.5, 0.6) is 5.75 Å². The van der Waals surface area contributed by atoms with Gasteiger partial charge in [-0.05, 0) is 30.2 Å². The zero-order valence-corrected chi connectivity index (χ0v) is 15.2. The molecule has 0 aliphatic carbocycles. The summed E-state index contributed by atoms with van der Waals surface area (Å²) in [7, 11) is 0. The van der Waals surface area contributed by atoms with E-state index in [1.165, 1.54) is 5.56 Å². The molecule has 1 N–H and O–H groups in total. The summed E-state index contributed by atoms with van der Waals surface area (Å²) in [5.74, 6) is 0.504. The molecule has 1 amide bonds. The predicted molar refractivity (Wildman–Crippen MR) is 101 cm³/mol. The molecule has 2 aromatic rings. The van der Waals surface area contributed by atoms with Crippen LogP contribution in [0.4, 0.5) is 0 Å². The van der Waals surface area contributed by atoms with Crippen LogP contribution in [0.3, 0.4) is 0 Å². The summed E-state index contributed by atoms with van der Waals surface area (Å²) in [6.45, 7) is 7.29. The van der Waals surface area contributed by atoms with Gasteiger partial charge in [0.2, 0.25) is 0 Å². The highest BCUT2D eigenvalue weighted by molar-refractivity contribution is 5.96. The van der Waals surface area contributed by atoms with E-state index in [0.29, 0.717) is 24.5 Å². The molecule has 1 aliphatic rings. The van der Waals surface area contributed by atoms with E-state index in [-0.39, 0.29) is 5.91 Å². The number of nitrogens with zero attached hydrogens (tertiary/aromatic N) is 1. The Morgan fingerprint density at radius 3 is 2.54 bits per heavy atom. The summed E-state index contributed by atoms with van der Waals surface area (Å²) in [4.78, 5) is 15.0. The highest BCUT2D eigenvalue weighted by Gasteiger charge is 2.15. The Balaban J connectivity index is 1.65. The predicted octanol–water partition coefficient (Wildman–Crippen LogP) is 2.85. The number of ether oxygens (including phenoxy) is 2. The van der Waals surface area contributed by atoms with Gasteiger partial charge in [-0.2, -0.15) is 0 Å². The molecule has 0 spiro atoms. The van der Waals surface area contributed by atoms with Crippen LogP contribution in [0.25, 0.3) is 0 Å². The number of amides is 1. The van der Waals surface area contributed by atoms with Crippen molar-refractivity contribution in [1.29, 1.82) is 0 Å². The highest BCUT2D eigenvalue weighted by atomic mass is 16.5. The normalized spacial score (nSPS) is 14.8. The molecule has 0 unspecified atom stereocenters. The van der Waals surface area contributed by atoms with Gasteiger partial charge in [0.05, 0.1) is 25.4 Å². The van der Waals surface area contributed by atoms with Crippen LogP contribution in [-0.2, 0) is 17.8 Å². The van der Waals surface area contributed by atoms with E-state index >= 15 is 0 Å². The third kappa shape index (κ3) is 4.84. The van der Waals surface area contributed by atoms with Crippen LogP contribution >= 0.6 is 0 Å². The van der Waals surface area contributed by atoms with Crippen LogP contribution in [0.1, 0.15) is 28.4 Å². The van der Waals surface area contributed by atoms with E-state index in [0.717, 1.165) is 38.4 Å². The summed E-state index contributed by atoms with van der Waals surface area (Å²) >= 11 is 0. The summed E-state index contributed by atoms with van der Waals surface area (Å²) in [5, 5.41) is 3.03. The second-order valence-corrected chi connectivity index (χ2v) is 6.27. The van der Waals surface area contributed by atoms with Crippen molar-refractivity contribution < 1.29 is 14.3 Å². The monoisotopic (exact) mass is 354 g/mol. The molecule has 1 fully saturated rings. The number of hydrogen-bond donors (Lipinski definition) is 1. The SMILES string of the molecule is CCOc1ccccc1C(=O)NCc1ccccc1CN1CCOCC1. The quantitative estimate of drug-likeness (QED) is 0.831. The van der Waals surface area contributed by atoms with Crippen LogP contribution in [0.2, 0.25) is 0 Å². The Hall–Kier alpha value is -2.37. The molecule has 0 aromatic heterocycles. The molecule has 1 saturated heterocycles. The third-order valence-corrected chi connectivity index (χ3v) is 4.49. The minimum absolute atomic E-state index is 0.116. The van der Waals surface area contributed by atoms with E-state index in [1.54, 1.807) is 6.07 Å². The maximum Gasteiger partial charge on any atom is 0.255 e. The number of carbonyl (C=O) groups is 1. The average molecular weight is 354 g/mol. The molecule has 0 saturated carbocycles. The topological polar surface area (TPSA) is 50.8 Å². The Kier molecular flexibility index (Phi) is 6.63. The second kappa shape index (κ2) is 9.36. The van der Waals surface area contributed by atoms with Gasteiger partial charge in [0.15, 0.2) is 0 Å². The first-order valence-electron chi connectivity index (χ1n) is 9.15.